The molecule has 0 aliphatic carbocycles. The molecule has 0 bridgehead atoms. The van der Waals surface area contributed by atoms with Gasteiger partial charge in [-0.15, -0.1) is 0 Å². The van der Waals surface area contributed by atoms with Gasteiger partial charge in [0.2, 0.25) is 6.41 Å². The molecule has 3 aromatic rings. The Bertz CT molecular complexity index is 1120. The third-order valence-electron chi connectivity index (χ3n) is 4.39. The van der Waals surface area contributed by atoms with Crippen LogP contribution in [0.1, 0.15) is 29.4 Å². The summed E-state index contributed by atoms with van der Waals surface area (Å²) >= 11 is 0. The molecule has 8 nitrogen and oxygen atoms in total. The van der Waals surface area contributed by atoms with Gasteiger partial charge in [0.1, 0.15) is 5.60 Å². The number of nitrogens with zero attached hydrogens (tertiary/aromatic N) is 4. The molecule has 1 aromatic carbocycles. The molecule has 2 aromatic heterocycles. The lowest BCUT2D eigenvalue weighted by Gasteiger charge is -2.19. The van der Waals surface area contributed by atoms with E-state index in [0.717, 1.165) is 0 Å². The first-order chi connectivity index (χ1) is 13.8. The number of aromatic nitrogens is 3. The molecule has 0 saturated carbocycles. The largest absolute Gasteiger partial charge is 0.378 e. The monoisotopic (exact) mass is 391 g/mol. The van der Waals surface area contributed by atoms with Crippen LogP contribution < -0.4 is 5.73 Å². The Morgan fingerprint density at radius 2 is 2.14 bits per heavy atom. The number of fused-ring (bicyclic) bond motifs is 1. The molecule has 0 aliphatic rings. The summed E-state index contributed by atoms with van der Waals surface area (Å²) in [5, 5.41) is 15.4. The topological polar surface area (TPSA) is 114 Å². The second-order valence-corrected chi connectivity index (χ2v) is 6.90. The number of carbonyl (C=O) groups is 2. The molecular formula is C21H21N5O3. The lowest BCUT2D eigenvalue weighted by Crippen LogP contribution is -2.29. The van der Waals surface area contributed by atoms with Crippen LogP contribution in [-0.4, -0.2) is 56.3 Å². The molecule has 1 atom stereocenters. The van der Waals surface area contributed by atoms with Gasteiger partial charge in [-0.05, 0) is 25.1 Å². The first kappa shape index (κ1) is 20.0. The van der Waals surface area contributed by atoms with Crippen molar-refractivity contribution in [2.24, 2.45) is 5.73 Å². The highest BCUT2D eigenvalue weighted by atomic mass is 16.3. The minimum atomic E-state index is -1.25. The van der Waals surface area contributed by atoms with Crippen molar-refractivity contribution in [1.29, 1.82) is 0 Å². The zero-order chi connectivity index (χ0) is 21.0. The van der Waals surface area contributed by atoms with Crippen LogP contribution in [0.15, 0.2) is 42.6 Å². The van der Waals surface area contributed by atoms with Gasteiger partial charge in [0.05, 0.1) is 5.52 Å². The van der Waals surface area contributed by atoms with Gasteiger partial charge in [0.25, 0.3) is 5.91 Å². The Morgan fingerprint density at radius 1 is 1.38 bits per heavy atom. The smallest absolute Gasteiger partial charge is 0.269 e. The first-order valence-corrected chi connectivity index (χ1v) is 8.96. The molecule has 0 radical (unpaired) electrons. The molecule has 3 rings (SSSR count). The molecular weight excluding hydrogens is 370 g/mol. The highest BCUT2D eigenvalue weighted by Gasteiger charge is 2.18. The summed E-state index contributed by atoms with van der Waals surface area (Å²) < 4.78 is 1.54. The van der Waals surface area contributed by atoms with Crippen molar-refractivity contribution in [3.63, 3.8) is 0 Å². The maximum Gasteiger partial charge on any atom is 0.269 e. The zero-order valence-corrected chi connectivity index (χ0v) is 16.2. The van der Waals surface area contributed by atoms with Crippen molar-refractivity contribution in [3.8, 4) is 17.7 Å². The lowest BCUT2D eigenvalue weighted by atomic mass is 10.0. The third kappa shape index (κ3) is 4.59. The summed E-state index contributed by atoms with van der Waals surface area (Å²) in [6.45, 7) is 1.99. The number of para-hydroxylation sites is 1. The summed E-state index contributed by atoms with van der Waals surface area (Å²) in [4.78, 5) is 28.2. The highest BCUT2D eigenvalue weighted by Crippen LogP contribution is 2.21. The van der Waals surface area contributed by atoms with Crippen LogP contribution in [0.2, 0.25) is 0 Å². The molecule has 2 heterocycles. The van der Waals surface area contributed by atoms with E-state index in [4.69, 9.17) is 5.73 Å². The van der Waals surface area contributed by atoms with Crippen LogP contribution in [-0.2, 0) is 4.79 Å². The average Bonchev–Trinajstić information content (AvgIpc) is 3.11. The van der Waals surface area contributed by atoms with Crippen LogP contribution in [0.25, 0.3) is 16.7 Å². The predicted octanol–water partition coefficient (Wildman–Crippen LogP) is 1.10. The summed E-state index contributed by atoms with van der Waals surface area (Å²) in [7, 11) is 1.64. The fourth-order valence-corrected chi connectivity index (χ4v) is 2.75. The molecule has 29 heavy (non-hydrogen) atoms. The molecule has 8 heteroatoms. The summed E-state index contributed by atoms with van der Waals surface area (Å²) in [6.07, 6.45) is 2.60. The minimum Gasteiger partial charge on any atom is -0.378 e. The van der Waals surface area contributed by atoms with Crippen LogP contribution in [0, 0.1) is 11.8 Å². The van der Waals surface area contributed by atoms with Crippen molar-refractivity contribution >= 4 is 23.2 Å². The zero-order valence-electron chi connectivity index (χ0n) is 16.2. The van der Waals surface area contributed by atoms with Crippen molar-refractivity contribution in [2.45, 2.75) is 18.9 Å². The lowest BCUT2D eigenvalue weighted by molar-refractivity contribution is -0.117. The summed E-state index contributed by atoms with van der Waals surface area (Å²) in [5.41, 5.74) is 5.68. The van der Waals surface area contributed by atoms with E-state index >= 15 is 0 Å². The van der Waals surface area contributed by atoms with Crippen LogP contribution in [0.4, 0.5) is 0 Å². The molecule has 2 amide bonds. The number of primary amides is 1. The number of rotatable bonds is 6. The van der Waals surface area contributed by atoms with Gasteiger partial charge in [0.15, 0.2) is 11.5 Å². The Labute approximate surface area is 167 Å². The van der Waals surface area contributed by atoms with Gasteiger partial charge in [-0.2, -0.15) is 5.10 Å². The van der Waals surface area contributed by atoms with Crippen molar-refractivity contribution in [3.05, 3.63) is 53.9 Å². The standard InChI is InChI=1S/C21H21N5O3/c1-21(29,10-12-25(2)14-27)9-7-15-8-11-23-18(13-15)26-17-6-4-3-5-16(17)19(24-26)20(22)28/h3-6,8,11,13-14,29H,10,12H2,1-2H3,(H2,22,28). The fraction of sp³-hybridized carbons (Fsp3) is 0.238. The second-order valence-electron chi connectivity index (χ2n) is 6.90. The Balaban J connectivity index is 1.93. The quantitative estimate of drug-likeness (QED) is 0.482. The number of hydrogen-bond acceptors (Lipinski definition) is 5. The van der Waals surface area contributed by atoms with E-state index in [0.29, 0.717) is 41.7 Å². The van der Waals surface area contributed by atoms with Gasteiger partial charge in [0, 0.05) is 37.2 Å². The third-order valence-corrected chi connectivity index (χ3v) is 4.39. The molecule has 148 valence electrons. The van der Waals surface area contributed by atoms with Crippen LogP contribution in [0.5, 0.6) is 0 Å². The van der Waals surface area contributed by atoms with Crippen molar-refractivity contribution in [1.82, 2.24) is 19.7 Å². The number of hydrogen-bond donors (Lipinski definition) is 2. The van der Waals surface area contributed by atoms with E-state index in [1.54, 1.807) is 44.4 Å². The number of carbonyl (C=O) groups excluding carboxylic acids is 2. The molecule has 1 unspecified atom stereocenters. The Kier molecular flexibility index (Phi) is 5.61. The van der Waals surface area contributed by atoms with E-state index in [2.05, 4.69) is 21.9 Å². The van der Waals surface area contributed by atoms with E-state index in [9.17, 15) is 14.7 Å². The normalized spacial score (nSPS) is 12.7. The summed E-state index contributed by atoms with van der Waals surface area (Å²) in [6, 6.07) is 10.7. The van der Waals surface area contributed by atoms with Crippen LogP contribution >= 0.6 is 0 Å². The predicted molar refractivity (Wildman–Crippen MR) is 108 cm³/mol. The molecule has 3 N–H and O–H groups in total. The van der Waals surface area contributed by atoms with Gasteiger partial charge in [-0.3, -0.25) is 9.59 Å². The molecule has 0 spiro atoms. The van der Waals surface area contributed by atoms with Gasteiger partial charge in [-0.1, -0.05) is 30.0 Å². The highest BCUT2D eigenvalue weighted by molar-refractivity contribution is 6.04. The van der Waals surface area contributed by atoms with E-state index in [1.807, 2.05) is 12.1 Å². The maximum atomic E-state index is 11.7. The van der Waals surface area contributed by atoms with E-state index < -0.39 is 11.5 Å². The van der Waals surface area contributed by atoms with Gasteiger partial charge < -0.3 is 15.7 Å². The van der Waals surface area contributed by atoms with Gasteiger partial charge >= 0.3 is 0 Å². The SMILES string of the molecule is CN(C=O)CCC(C)(O)C#Cc1ccnc(-n2nc(C(N)=O)c3ccccc32)c1. The van der Waals surface area contributed by atoms with Gasteiger partial charge in [-0.25, -0.2) is 9.67 Å². The number of benzene rings is 1. The average molecular weight is 391 g/mol. The Hall–Kier alpha value is -3.70. The maximum absolute atomic E-state index is 11.7. The number of amides is 2. The van der Waals surface area contributed by atoms with Crippen LogP contribution in [0.3, 0.4) is 0 Å². The van der Waals surface area contributed by atoms with E-state index in [1.165, 1.54) is 9.58 Å². The molecule has 0 fully saturated rings. The molecule has 0 saturated heterocycles. The number of aliphatic hydroxyl groups is 1. The summed E-state index contributed by atoms with van der Waals surface area (Å²) in [5.74, 6) is 5.61. The first-order valence-electron chi connectivity index (χ1n) is 8.96. The number of pyridine rings is 1. The van der Waals surface area contributed by atoms with Crippen molar-refractivity contribution in [2.75, 3.05) is 13.6 Å². The second kappa shape index (κ2) is 8.12. The van der Waals surface area contributed by atoms with E-state index in [-0.39, 0.29) is 5.69 Å². The Morgan fingerprint density at radius 3 is 2.86 bits per heavy atom. The van der Waals surface area contributed by atoms with Crippen molar-refractivity contribution < 1.29 is 14.7 Å². The number of nitrogens with two attached hydrogens (primary N) is 1. The minimum absolute atomic E-state index is 0.168. The fourth-order valence-electron chi connectivity index (χ4n) is 2.75. The molecule has 0 aliphatic heterocycles.